The van der Waals surface area contributed by atoms with E-state index in [4.69, 9.17) is 0 Å². The number of aliphatic imine (C=N–C) groups is 1. The normalized spacial score (nSPS) is 20.5. The van der Waals surface area contributed by atoms with Gasteiger partial charge in [0.05, 0.1) is 5.55 Å². The number of carbonyl (C=O) groups is 2. The van der Waals surface area contributed by atoms with Gasteiger partial charge in [-0.1, -0.05) is 6.58 Å². The van der Waals surface area contributed by atoms with E-state index in [-0.39, 0.29) is 0 Å². The van der Waals surface area contributed by atoms with Crippen LogP contribution in [-0.4, -0.2) is 29.3 Å². The van der Waals surface area contributed by atoms with Crippen LogP contribution in [0.4, 0.5) is 0 Å². The minimum absolute atomic E-state index is 0.529. The second-order valence-corrected chi connectivity index (χ2v) is 2.93. The largest absolute Gasteiger partial charge is 0.388 e. The molecule has 1 aliphatic rings. The van der Waals surface area contributed by atoms with Crippen LogP contribution in [0.5, 0.6) is 0 Å². The number of esters is 2. The van der Waals surface area contributed by atoms with Gasteiger partial charge in [0, 0.05) is 11.8 Å². The van der Waals surface area contributed by atoms with Gasteiger partial charge in [0.15, 0.2) is 6.04 Å². The zero-order valence-electron chi connectivity index (χ0n) is 6.23. The SMILES string of the molecule is C=CC(=O)OC(=O)[C@@H]1CSC=N1. The highest BCUT2D eigenvalue weighted by Crippen LogP contribution is 2.12. The van der Waals surface area contributed by atoms with Gasteiger partial charge in [-0.3, -0.25) is 4.99 Å². The van der Waals surface area contributed by atoms with Crippen molar-refractivity contribution in [3.05, 3.63) is 12.7 Å². The molecule has 0 N–H and O–H groups in total. The Bertz CT molecular complexity index is 249. The summed E-state index contributed by atoms with van der Waals surface area (Å²) in [6.07, 6.45) is 0.948. The summed E-state index contributed by atoms with van der Waals surface area (Å²) in [5.74, 6) is -0.795. The molecule has 0 saturated carbocycles. The van der Waals surface area contributed by atoms with Crippen molar-refractivity contribution in [2.75, 3.05) is 5.75 Å². The first-order valence-corrected chi connectivity index (χ1v) is 4.30. The van der Waals surface area contributed by atoms with E-state index in [0.717, 1.165) is 6.08 Å². The third-order valence-corrected chi connectivity index (χ3v) is 1.99. The molecule has 0 unspecified atom stereocenters. The molecule has 0 spiro atoms. The van der Waals surface area contributed by atoms with Gasteiger partial charge >= 0.3 is 11.9 Å². The summed E-state index contributed by atoms with van der Waals surface area (Å²) in [6, 6.07) is -0.529. The summed E-state index contributed by atoms with van der Waals surface area (Å²) < 4.78 is 4.36. The van der Waals surface area contributed by atoms with Gasteiger partial charge in [-0.2, -0.15) is 0 Å². The molecule has 0 aromatic heterocycles. The van der Waals surface area contributed by atoms with Gasteiger partial charge in [0.2, 0.25) is 0 Å². The van der Waals surface area contributed by atoms with Crippen LogP contribution >= 0.6 is 11.8 Å². The van der Waals surface area contributed by atoms with Crippen molar-refractivity contribution in [3.63, 3.8) is 0 Å². The number of rotatable bonds is 2. The molecule has 12 heavy (non-hydrogen) atoms. The van der Waals surface area contributed by atoms with E-state index in [1.807, 2.05) is 0 Å². The summed E-state index contributed by atoms with van der Waals surface area (Å²) in [4.78, 5) is 25.4. The minimum Gasteiger partial charge on any atom is -0.388 e. The van der Waals surface area contributed by atoms with E-state index >= 15 is 0 Å². The van der Waals surface area contributed by atoms with E-state index in [2.05, 4.69) is 16.3 Å². The van der Waals surface area contributed by atoms with Crippen molar-refractivity contribution in [3.8, 4) is 0 Å². The second-order valence-electron chi connectivity index (χ2n) is 2.05. The van der Waals surface area contributed by atoms with Gasteiger partial charge in [0.25, 0.3) is 0 Å². The fourth-order valence-corrected chi connectivity index (χ4v) is 1.35. The number of nitrogens with zero attached hydrogens (tertiary/aromatic N) is 1. The molecule has 0 saturated heterocycles. The fraction of sp³-hybridized carbons (Fsp3) is 0.286. The fourth-order valence-electron chi connectivity index (χ4n) is 0.631. The van der Waals surface area contributed by atoms with E-state index in [9.17, 15) is 9.59 Å². The van der Waals surface area contributed by atoms with Crippen molar-refractivity contribution in [1.82, 2.24) is 0 Å². The lowest BCUT2D eigenvalue weighted by molar-refractivity contribution is -0.156. The van der Waals surface area contributed by atoms with Crippen LogP contribution in [0.1, 0.15) is 0 Å². The van der Waals surface area contributed by atoms with Crippen LogP contribution < -0.4 is 0 Å². The lowest BCUT2D eigenvalue weighted by atomic mass is 10.4. The summed E-state index contributed by atoms with van der Waals surface area (Å²) in [5.41, 5.74) is 1.57. The topological polar surface area (TPSA) is 55.7 Å². The van der Waals surface area contributed by atoms with Gasteiger partial charge in [-0.25, -0.2) is 9.59 Å². The third-order valence-electron chi connectivity index (χ3n) is 1.21. The van der Waals surface area contributed by atoms with Crippen molar-refractivity contribution in [2.45, 2.75) is 6.04 Å². The number of carbonyl (C=O) groups excluding carboxylic acids is 2. The van der Waals surface area contributed by atoms with E-state index in [1.165, 1.54) is 11.8 Å². The summed E-state index contributed by atoms with van der Waals surface area (Å²) >= 11 is 1.42. The van der Waals surface area contributed by atoms with Gasteiger partial charge in [0.1, 0.15) is 0 Å². The van der Waals surface area contributed by atoms with Crippen LogP contribution in [0.15, 0.2) is 17.6 Å². The standard InChI is InChI=1S/C7H7NO3S/c1-2-6(9)11-7(10)5-3-12-4-8-5/h2,4-5H,1,3H2/t5-/m0/s1. The first kappa shape index (κ1) is 8.99. The molecule has 0 aliphatic carbocycles. The van der Waals surface area contributed by atoms with Gasteiger partial charge in [-0.05, 0) is 0 Å². The van der Waals surface area contributed by atoms with Crippen molar-refractivity contribution in [2.24, 2.45) is 4.99 Å². The van der Waals surface area contributed by atoms with Crippen molar-refractivity contribution >= 4 is 29.2 Å². The molecule has 1 rings (SSSR count). The van der Waals surface area contributed by atoms with E-state index in [1.54, 1.807) is 5.55 Å². The average molecular weight is 185 g/mol. The third kappa shape index (κ3) is 2.20. The van der Waals surface area contributed by atoms with Crippen molar-refractivity contribution in [1.29, 1.82) is 0 Å². The molecular formula is C7H7NO3S. The summed E-state index contributed by atoms with van der Waals surface area (Å²) in [5, 5.41) is 0. The zero-order chi connectivity index (χ0) is 8.97. The van der Waals surface area contributed by atoms with E-state index < -0.39 is 18.0 Å². The number of thioether (sulfide) groups is 1. The average Bonchev–Trinajstić information content (AvgIpc) is 2.56. The van der Waals surface area contributed by atoms with Crippen LogP contribution in [0.3, 0.4) is 0 Å². The molecule has 5 heteroatoms. The Hall–Kier alpha value is -1.10. The molecule has 0 amide bonds. The van der Waals surface area contributed by atoms with Gasteiger partial charge in [-0.15, -0.1) is 11.8 Å². The minimum atomic E-state index is -0.730. The maximum Gasteiger partial charge on any atom is 0.339 e. The van der Waals surface area contributed by atoms with Gasteiger partial charge < -0.3 is 4.74 Å². The predicted octanol–water partition coefficient (Wildman–Crippen LogP) is 0.386. The van der Waals surface area contributed by atoms with Crippen LogP contribution in [0, 0.1) is 0 Å². The van der Waals surface area contributed by atoms with Crippen LogP contribution in [0.25, 0.3) is 0 Å². The maximum atomic E-state index is 11.0. The Kier molecular flexibility index (Phi) is 3.04. The maximum absolute atomic E-state index is 11.0. The molecule has 0 fully saturated rings. The molecule has 4 nitrogen and oxygen atoms in total. The smallest absolute Gasteiger partial charge is 0.339 e. The van der Waals surface area contributed by atoms with E-state index in [0.29, 0.717) is 5.75 Å². The first-order chi connectivity index (χ1) is 5.74. The number of hydrogen-bond acceptors (Lipinski definition) is 5. The molecule has 0 radical (unpaired) electrons. The molecule has 64 valence electrons. The lowest BCUT2D eigenvalue weighted by Gasteiger charge is -2.02. The zero-order valence-corrected chi connectivity index (χ0v) is 7.04. The quantitative estimate of drug-likeness (QED) is 0.354. The summed E-state index contributed by atoms with van der Waals surface area (Å²) in [7, 11) is 0. The van der Waals surface area contributed by atoms with Crippen LogP contribution in [0.2, 0.25) is 0 Å². The number of ether oxygens (including phenoxy) is 1. The lowest BCUT2D eigenvalue weighted by Crippen LogP contribution is -2.23. The highest BCUT2D eigenvalue weighted by Gasteiger charge is 2.23. The predicted molar refractivity (Wildman–Crippen MR) is 46.0 cm³/mol. The molecule has 0 aromatic carbocycles. The highest BCUT2D eigenvalue weighted by molar-refractivity contribution is 8.12. The second kappa shape index (κ2) is 4.06. The Morgan fingerprint density at radius 2 is 2.50 bits per heavy atom. The molecule has 0 aromatic rings. The Morgan fingerprint density at radius 3 is 3.00 bits per heavy atom. The number of hydrogen-bond donors (Lipinski definition) is 0. The Morgan fingerprint density at radius 1 is 1.75 bits per heavy atom. The molecule has 1 atom stereocenters. The first-order valence-electron chi connectivity index (χ1n) is 3.25. The molecule has 1 aliphatic heterocycles. The highest BCUT2D eigenvalue weighted by atomic mass is 32.2. The molecule has 1 heterocycles. The summed E-state index contributed by atoms with van der Waals surface area (Å²) in [6.45, 7) is 3.17. The Labute approximate surface area is 73.7 Å². The molecular weight excluding hydrogens is 178 g/mol. The Balaban J connectivity index is 2.42. The van der Waals surface area contributed by atoms with Crippen molar-refractivity contribution < 1.29 is 14.3 Å². The van der Waals surface area contributed by atoms with Crippen LogP contribution in [-0.2, 0) is 14.3 Å². The monoisotopic (exact) mass is 185 g/mol. The molecule has 0 bridgehead atoms.